The van der Waals surface area contributed by atoms with Crippen molar-refractivity contribution in [2.24, 2.45) is 0 Å². The van der Waals surface area contributed by atoms with Gasteiger partial charge in [0.1, 0.15) is 0 Å². The smallest absolute Gasteiger partial charge is 0.337 e. The van der Waals surface area contributed by atoms with Crippen molar-refractivity contribution in [1.29, 1.82) is 0 Å². The normalized spacial score (nSPS) is 28.7. The molecule has 142 valence electrons. The SMILES string of the molecule is CCC(=O)O[C@@H]1[C@@H](OC(=O)CC)[C@@H](O)OC(C(=O)O)[C@H]1OC(=O)CC. The van der Waals surface area contributed by atoms with Crippen LogP contribution in [0.25, 0.3) is 0 Å². The number of hydrogen-bond donors (Lipinski definition) is 2. The minimum Gasteiger partial charge on any atom is -0.479 e. The Labute approximate surface area is 144 Å². The largest absolute Gasteiger partial charge is 0.479 e. The summed E-state index contributed by atoms with van der Waals surface area (Å²) >= 11 is 0. The molecule has 0 aliphatic carbocycles. The van der Waals surface area contributed by atoms with Gasteiger partial charge in [-0.05, 0) is 0 Å². The lowest BCUT2D eigenvalue weighted by Crippen LogP contribution is -2.63. The number of hydrogen-bond acceptors (Lipinski definition) is 9. The molecule has 1 saturated heterocycles. The number of carbonyl (C=O) groups is 4. The predicted molar refractivity (Wildman–Crippen MR) is 79.0 cm³/mol. The molecule has 2 N–H and O–H groups in total. The Morgan fingerprint density at radius 1 is 0.800 bits per heavy atom. The molecule has 1 rings (SSSR count). The van der Waals surface area contributed by atoms with Crippen LogP contribution in [-0.4, -0.2) is 64.8 Å². The summed E-state index contributed by atoms with van der Waals surface area (Å²) in [7, 11) is 0. The molecular formula is C15H22O10. The Morgan fingerprint density at radius 3 is 1.60 bits per heavy atom. The lowest BCUT2D eigenvalue weighted by Gasteiger charge is -2.41. The maximum absolute atomic E-state index is 11.7. The molecule has 25 heavy (non-hydrogen) atoms. The van der Waals surface area contributed by atoms with Gasteiger partial charge in [-0.1, -0.05) is 20.8 Å². The van der Waals surface area contributed by atoms with Gasteiger partial charge in [0.25, 0.3) is 0 Å². The number of carboxylic acid groups (broad SMARTS) is 1. The highest BCUT2D eigenvalue weighted by Gasteiger charge is 2.54. The van der Waals surface area contributed by atoms with Crippen LogP contribution < -0.4 is 0 Å². The Kier molecular flexibility index (Phi) is 7.78. The highest BCUT2D eigenvalue weighted by Crippen LogP contribution is 2.28. The molecule has 1 aliphatic heterocycles. The summed E-state index contributed by atoms with van der Waals surface area (Å²) in [6, 6.07) is 0. The maximum Gasteiger partial charge on any atom is 0.337 e. The Morgan fingerprint density at radius 2 is 1.20 bits per heavy atom. The highest BCUT2D eigenvalue weighted by atomic mass is 16.7. The van der Waals surface area contributed by atoms with Crippen molar-refractivity contribution in [1.82, 2.24) is 0 Å². The molecule has 0 aromatic carbocycles. The van der Waals surface area contributed by atoms with Crippen molar-refractivity contribution < 1.29 is 48.3 Å². The number of carbonyl (C=O) groups excluding carboxylic acids is 3. The second kappa shape index (κ2) is 9.33. The molecule has 10 nitrogen and oxygen atoms in total. The number of aliphatic hydroxyl groups excluding tert-OH is 1. The van der Waals surface area contributed by atoms with E-state index in [0.29, 0.717) is 0 Å². The minimum absolute atomic E-state index is 0.0422. The van der Waals surface area contributed by atoms with Crippen LogP contribution in [0, 0.1) is 0 Å². The number of rotatable bonds is 7. The number of aliphatic hydroxyl groups is 1. The van der Waals surface area contributed by atoms with E-state index in [1.807, 2.05) is 0 Å². The van der Waals surface area contributed by atoms with E-state index in [4.69, 9.17) is 18.9 Å². The number of esters is 3. The van der Waals surface area contributed by atoms with Crippen LogP contribution in [0.1, 0.15) is 40.0 Å². The fraction of sp³-hybridized carbons (Fsp3) is 0.733. The highest BCUT2D eigenvalue weighted by molar-refractivity contribution is 5.76. The lowest BCUT2D eigenvalue weighted by molar-refractivity contribution is -0.290. The molecule has 5 atom stereocenters. The van der Waals surface area contributed by atoms with E-state index in [-0.39, 0.29) is 19.3 Å². The summed E-state index contributed by atoms with van der Waals surface area (Å²) in [6.45, 7) is 4.48. The molecular weight excluding hydrogens is 340 g/mol. The van der Waals surface area contributed by atoms with Crippen LogP contribution in [-0.2, 0) is 38.1 Å². The Bertz CT molecular complexity index is 516. The molecule has 1 heterocycles. The summed E-state index contributed by atoms with van der Waals surface area (Å²) in [4.78, 5) is 46.3. The Balaban J connectivity index is 3.22. The van der Waals surface area contributed by atoms with Crippen LogP contribution in [0.3, 0.4) is 0 Å². The van der Waals surface area contributed by atoms with E-state index in [0.717, 1.165) is 0 Å². The average molecular weight is 362 g/mol. The second-order valence-corrected chi connectivity index (χ2v) is 5.21. The molecule has 0 amide bonds. The third-order valence-electron chi connectivity index (χ3n) is 3.43. The standard InChI is InChI=1S/C15H22O10/c1-4-7(16)22-10-11(23-8(17)5-2)13(24-9(18)6-3)15(21)25-12(10)14(19)20/h10-13,15,21H,4-6H2,1-3H3,(H,19,20)/t10-,11-,12?,13+,15-/m0/s1. The molecule has 1 aliphatic rings. The molecule has 0 spiro atoms. The summed E-state index contributed by atoms with van der Waals surface area (Å²) < 4.78 is 20.1. The average Bonchev–Trinajstić information content (AvgIpc) is 2.58. The summed E-state index contributed by atoms with van der Waals surface area (Å²) in [6.07, 6.45) is -8.48. The third kappa shape index (κ3) is 5.40. The second-order valence-electron chi connectivity index (χ2n) is 5.21. The van der Waals surface area contributed by atoms with Crippen LogP contribution in [0.2, 0.25) is 0 Å². The summed E-state index contributed by atoms with van der Waals surface area (Å²) in [5.74, 6) is -3.79. The molecule has 1 fully saturated rings. The third-order valence-corrected chi connectivity index (χ3v) is 3.43. The van der Waals surface area contributed by atoms with Gasteiger partial charge < -0.3 is 29.2 Å². The lowest BCUT2D eigenvalue weighted by atomic mass is 9.98. The maximum atomic E-state index is 11.7. The van der Waals surface area contributed by atoms with Crippen LogP contribution in [0.4, 0.5) is 0 Å². The van der Waals surface area contributed by atoms with Gasteiger partial charge in [-0.15, -0.1) is 0 Å². The van der Waals surface area contributed by atoms with Gasteiger partial charge in [-0.25, -0.2) is 4.79 Å². The van der Waals surface area contributed by atoms with Gasteiger partial charge in [-0.3, -0.25) is 14.4 Å². The predicted octanol–water partition coefficient (Wildman–Crippen LogP) is -0.246. The van der Waals surface area contributed by atoms with Gasteiger partial charge in [0, 0.05) is 19.3 Å². The summed E-state index contributed by atoms with van der Waals surface area (Å²) in [5, 5.41) is 19.3. The van der Waals surface area contributed by atoms with Gasteiger partial charge in [0.2, 0.25) is 0 Å². The van der Waals surface area contributed by atoms with Crippen molar-refractivity contribution in [2.45, 2.75) is 70.7 Å². The minimum atomic E-state index is -1.87. The van der Waals surface area contributed by atoms with E-state index in [2.05, 4.69) is 0 Å². The fourth-order valence-corrected chi connectivity index (χ4v) is 2.12. The molecule has 0 saturated carbocycles. The Hall–Kier alpha value is -2.20. The quantitative estimate of drug-likeness (QED) is 0.459. The van der Waals surface area contributed by atoms with Crippen molar-refractivity contribution in [3.05, 3.63) is 0 Å². The number of aliphatic carboxylic acids is 1. The topological polar surface area (TPSA) is 146 Å². The van der Waals surface area contributed by atoms with Crippen LogP contribution in [0.5, 0.6) is 0 Å². The van der Waals surface area contributed by atoms with E-state index >= 15 is 0 Å². The van der Waals surface area contributed by atoms with Crippen LogP contribution >= 0.6 is 0 Å². The molecule has 0 bridgehead atoms. The van der Waals surface area contributed by atoms with Crippen molar-refractivity contribution in [2.75, 3.05) is 0 Å². The van der Waals surface area contributed by atoms with Gasteiger partial charge >= 0.3 is 23.9 Å². The first-order valence-corrected chi connectivity index (χ1v) is 7.89. The zero-order valence-corrected chi connectivity index (χ0v) is 14.2. The van der Waals surface area contributed by atoms with Gasteiger partial charge in [-0.2, -0.15) is 0 Å². The first-order valence-electron chi connectivity index (χ1n) is 7.89. The van der Waals surface area contributed by atoms with Gasteiger partial charge in [0.15, 0.2) is 30.7 Å². The van der Waals surface area contributed by atoms with Gasteiger partial charge in [0.05, 0.1) is 0 Å². The van der Waals surface area contributed by atoms with Crippen LogP contribution in [0.15, 0.2) is 0 Å². The van der Waals surface area contributed by atoms with Crippen molar-refractivity contribution in [3.8, 4) is 0 Å². The molecule has 0 radical (unpaired) electrons. The first kappa shape index (κ1) is 20.8. The van der Waals surface area contributed by atoms with E-state index in [1.54, 1.807) is 0 Å². The van der Waals surface area contributed by atoms with Crippen molar-refractivity contribution in [3.63, 3.8) is 0 Å². The van der Waals surface area contributed by atoms with E-state index in [9.17, 15) is 29.4 Å². The fourth-order valence-electron chi connectivity index (χ4n) is 2.12. The molecule has 0 aromatic rings. The number of carboxylic acids is 1. The van der Waals surface area contributed by atoms with Crippen molar-refractivity contribution >= 4 is 23.9 Å². The monoisotopic (exact) mass is 362 g/mol. The molecule has 0 aromatic heterocycles. The zero-order chi connectivity index (χ0) is 19.1. The van der Waals surface area contributed by atoms with E-state index in [1.165, 1.54) is 20.8 Å². The zero-order valence-electron chi connectivity index (χ0n) is 14.2. The first-order chi connectivity index (χ1) is 11.7. The van der Waals surface area contributed by atoms with E-state index < -0.39 is 54.6 Å². The molecule has 10 heteroatoms. The molecule has 1 unspecified atom stereocenters. The summed E-state index contributed by atoms with van der Waals surface area (Å²) in [5.41, 5.74) is 0. The number of ether oxygens (including phenoxy) is 4.